The van der Waals surface area contributed by atoms with Gasteiger partial charge in [-0.15, -0.1) is 0 Å². The Kier molecular flexibility index (Phi) is 9.36. The van der Waals surface area contributed by atoms with Crippen molar-refractivity contribution in [1.29, 1.82) is 0 Å². The number of aryl methyl sites for hydroxylation is 1. The van der Waals surface area contributed by atoms with Gasteiger partial charge in [0.1, 0.15) is 0 Å². The number of benzene rings is 10. The summed E-state index contributed by atoms with van der Waals surface area (Å²) in [4.78, 5) is 0. The van der Waals surface area contributed by atoms with Gasteiger partial charge in [-0.2, -0.15) is 0 Å². The first kappa shape index (κ1) is 39.7. The van der Waals surface area contributed by atoms with Crippen LogP contribution < -0.4 is 0 Å². The van der Waals surface area contributed by atoms with Gasteiger partial charge in [-0.1, -0.05) is 146 Å². The average Bonchev–Trinajstić information content (AvgIpc) is 4.03. The second kappa shape index (κ2) is 16.0. The van der Waals surface area contributed by atoms with Crippen LogP contribution in [-0.4, -0.2) is 13.7 Å². The van der Waals surface area contributed by atoms with E-state index in [1.165, 1.54) is 121 Å². The van der Waals surface area contributed by atoms with Crippen molar-refractivity contribution >= 4 is 77.1 Å². The van der Waals surface area contributed by atoms with E-state index in [-0.39, 0.29) is 0 Å². The fourth-order valence-corrected chi connectivity index (χ4v) is 10.8. The van der Waals surface area contributed by atoms with E-state index in [0.29, 0.717) is 0 Å². The molecule has 0 saturated heterocycles. The Bertz CT molecular complexity index is 3910. The number of aromatic nitrogens is 3. The number of allylic oxidation sites excluding steroid dienone is 1. The Hall–Kier alpha value is -8.66. The summed E-state index contributed by atoms with van der Waals surface area (Å²) >= 11 is 0. The Balaban J connectivity index is 1.01. The molecule has 13 rings (SSSR count). The van der Waals surface area contributed by atoms with Gasteiger partial charge in [-0.05, 0) is 155 Å². The van der Waals surface area contributed by atoms with Crippen molar-refractivity contribution in [3.63, 3.8) is 0 Å². The van der Waals surface area contributed by atoms with Crippen molar-refractivity contribution < 1.29 is 0 Å². The van der Waals surface area contributed by atoms with Crippen molar-refractivity contribution in [3.05, 3.63) is 247 Å². The largest absolute Gasteiger partial charge is 0.309 e. The Morgan fingerprint density at radius 2 is 0.721 bits per heavy atom. The lowest BCUT2D eigenvalue weighted by atomic mass is 9.98. The Morgan fingerprint density at radius 3 is 1.19 bits per heavy atom. The zero-order valence-electron chi connectivity index (χ0n) is 38.1. The standard InChI is InChI=1S/C65H47N3/c1-3-44(37-45-18-11-10-17-43(45)2)46-19-16-24-53(38-46)68-64-35-31-49(47-29-33-62-56(39-47)54-25-12-14-27-60(54)66(62)51-20-6-4-7-21-51)41-58(64)59-42-50(32-36-65(59)68)48-30-34-63-57(40-48)55-26-13-15-28-61(55)67(63)52-22-8-5-9-23-52/h4-42H,3H2,1-2H3/b44-37+. The van der Waals surface area contributed by atoms with Crippen LogP contribution in [-0.2, 0) is 0 Å². The molecular weight excluding hydrogens is 823 g/mol. The van der Waals surface area contributed by atoms with Gasteiger partial charge in [0.2, 0.25) is 0 Å². The first-order chi connectivity index (χ1) is 33.6. The van der Waals surface area contributed by atoms with E-state index in [0.717, 1.165) is 12.1 Å². The molecule has 0 aliphatic heterocycles. The summed E-state index contributed by atoms with van der Waals surface area (Å²) in [7, 11) is 0. The van der Waals surface area contributed by atoms with E-state index in [1.54, 1.807) is 0 Å². The molecule has 0 spiro atoms. The SMILES string of the molecule is CC/C(=C\c1ccccc1C)c1cccc(-n2c3ccc(-c4ccc5c(c4)c4ccccc4n5-c4ccccc4)cc3c3cc(-c4ccc5c(c4)c4ccccc4n5-c4ccccc4)ccc32)c1. The van der Waals surface area contributed by atoms with Crippen molar-refractivity contribution in [2.45, 2.75) is 20.3 Å². The molecule has 68 heavy (non-hydrogen) atoms. The fourth-order valence-electron chi connectivity index (χ4n) is 10.8. The third-order valence-corrected chi connectivity index (χ3v) is 14.2. The van der Waals surface area contributed by atoms with Gasteiger partial charge in [0, 0.05) is 49.4 Å². The number of hydrogen-bond donors (Lipinski definition) is 0. The minimum atomic E-state index is 0.931. The van der Waals surface area contributed by atoms with Gasteiger partial charge in [-0.3, -0.25) is 0 Å². The normalized spacial score (nSPS) is 12.1. The lowest BCUT2D eigenvalue weighted by Gasteiger charge is -2.13. The molecule has 0 N–H and O–H groups in total. The topological polar surface area (TPSA) is 14.8 Å². The van der Waals surface area contributed by atoms with Gasteiger partial charge in [-0.25, -0.2) is 0 Å². The first-order valence-electron chi connectivity index (χ1n) is 23.7. The number of para-hydroxylation sites is 4. The molecule has 3 nitrogen and oxygen atoms in total. The summed E-state index contributed by atoms with van der Waals surface area (Å²) < 4.78 is 7.24. The predicted molar refractivity (Wildman–Crippen MR) is 290 cm³/mol. The monoisotopic (exact) mass is 869 g/mol. The van der Waals surface area contributed by atoms with Crippen molar-refractivity contribution in [1.82, 2.24) is 13.7 Å². The first-order valence-corrected chi connectivity index (χ1v) is 23.7. The van der Waals surface area contributed by atoms with Crippen LogP contribution >= 0.6 is 0 Å². The third-order valence-electron chi connectivity index (χ3n) is 14.2. The van der Waals surface area contributed by atoms with Crippen LogP contribution in [0.5, 0.6) is 0 Å². The van der Waals surface area contributed by atoms with E-state index in [2.05, 4.69) is 264 Å². The van der Waals surface area contributed by atoms with E-state index in [4.69, 9.17) is 0 Å². The molecule has 10 aromatic carbocycles. The lowest BCUT2D eigenvalue weighted by molar-refractivity contribution is 1.17. The van der Waals surface area contributed by atoms with Gasteiger partial charge in [0.25, 0.3) is 0 Å². The molecule has 0 aliphatic rings. The van der Waals surface area contributed by atoms with E-state index >= 15 is 0 Å². The highest BCUT2D eigenvalue weighted by atomic mass is 15.0. The van der Waals surface area contributed by atoms with Gasteiger partial charge >= 0.3 is 0 Å². The molecule has 322 valence electrons. The summed E-state index contributed by atoms with van der Waals surface area (Å²) in [5.74, 6) is 0. The van der Waals surface area contributed by atoms with Gasteiger partial charge in [0.05, 0.1) is 33.1 Å². The molecule has 3 heteroatoms. The van der Waals surface area contributed by atoms with Crippen LogP contribution in [0.4, 0.5) is 0 Å². The second-order valence-electron chi connectivity index (χ2n) is 18.1. The maximum Gasteiger partial charge on any atom is 0.0541 e. The van der Waals surface area contributed by atoms with Crippen LogP contribution in [0.25, 0.3) is 116 Å². The molecule has 0 fully saturated rings. The predicted octanol–water partition coefficient (Wildman–Crippen LogP) is 17.6. The maximum atomic E-state index is 2.47. The molecule has 0 atom stereocenters. The van der Waals surface area contributed by atoms with Crippen LogP contribution in [0, 0.1) is 6.92 Å². The summed E-state index contributed by atoms with van der Waals surface area (Å²) in [6, 6.07) is 84.8. The molecule has 3 aromatic heterocycles. The zero-order chi connectivity index (χ0) is 45.3. The van der Waals surface area contributed by atoms with Gasteiger partial charge in [0.15, 0.2) is 0 Å². The average molecular weight is 870 g/mol. The lowest BCUT2D eigenvalue weighted by Crippen LogP contribution is -1.96. The Morgan fingerprint density at radius 1 is 0.338 bits per heavy atom. The second-order valence-corrected chi connectivity index (χ2v) is 18.1. The maximum absolute atomic E-state index is 2.47. The third kappa shape index (κ3) is 6.42. The van der Waals surface area contributed by atoms with Crippen LogP contribution in [0.3, 0.4) is 0 Å². The van der Waals surface area contributed by atoms with Crippen LogP contribution in [0.15, 0.2) is 231 Å². The van der Waals surface area contributed by atoms with E-state index in [9.17, 15) is 0 Å². The zero-order valence-corrected chi connectivity index (χ0v) is 38.1. The summed E-state index contributed by atoms with van der Waals surface area (Å²) in [6.07, 6.45) is 3.29. The van der Waals surface area contributed by atoms with Gasteiger partial charge < -0.3 is 13.7 Å². The van der Waals surface area contributed by atoms with Crippen LogP contribution in [0.2, 0.25) is 0 Å². The molecular formula is C65H47N3. The number of hydrogen-bond acceptors (Lipinski definition) is 0. The summed E-state index contributed by atoms with van der Waals surface area (Å²) in [5.41, 5.74) is 20.6. The highest BCUT2D eigenvalue weighted by molar-refractivity contribution is 6.14. The molecule has 3 heterocycles. The molecule has 0 unspecified atom stereocenters. The molecule has 0 bridgehead atoms. The summed E-state index contributed by atoms with van der Waals surface area (Å²) in [5, 5.41) is 7.45. The highest BCUT2D eigenvalue weighted by Gasteiger charge is 2.19. The quantitative estimate of drug-likeness (QED) is 0.135. The number of rotatable bonds is 8. The van der Waals surface area contributed by atoms with Crippen molar-refractivity contribution in [2.24, 2.45) is 0 Å². The molecule has 0 saturated carbocycles. The minimum absolute atomic E-state index is 0.931. The fraction of sp³-hybridized carbons (Fsp3) is 0.0462. The van der Waals surface area contributed by atoms with E-state index < -0.39 is 0 Å². The number of fused-ring (bicyclic) bond motifs is 9. The Labute approximate surface area is 395 Å². The molecule has 0 amide bonds. The van der Waals surface area contributed by atoms with E-state index in [1.807, 2.05) is 0 Å². The van der Waals surface area contributed by atoms with Crippen LogP contribution in [0.1, 0.15) is 30.0 Å². The number of nitrogens with zero attached hydrogens (tertiary/aromatic N) is 3. The smallest absolute Gasteiger partial charge is 0.0541 e. The van der Waals surface area contributed by atoms with Crippen molar-refractivity contribution in [2.75, 3.05) is 0 Å². The molecule has 13 aromatic rings. The molecule has 0 aliphatic carbocycles. The molecule has 0 radical (unpaired) electrons. The minimum Gasteiger partial charge on any atom is -0.309 e. The summed E-state index contributed by atoms with van der Waals surface area (Å²) in [6.45, 7) is 4.45. The van der Waals surface area contributed by atoms with Crippen molar-refractivity contribution in [3.8, 4) is 39.3 Å². The highest BCUT2D eigenvalue weighted by Crippen LogP contribution is 2.41.